The molecule has 1 fully saturated rings. The summed E-state index contributed by atoms with van der Waals surface area (Å²) in [4.78, 5) is 7.05. The molecule has 6 heteroatoms. The predicted octanol–water partition coefficient (Wildman–Crippen LogP) is 2.70. The molecule has 0 bridgehead atoms. The van der Waals surface area contributed by atoms with Gasteiger partial charge in [-0.25, -0.2) is 13.1 Å². The summed E-state index contributed by atoms with van der Waals surface area (Å²) in [5.74, 6) is 0. The average Bonchev–Trinajstić information content (AvgIpc) is 2.60. The fourth-order valence-electron chi connectivity index (χ4n) is 3.29. The van der Waals surface area contributed by atoms with Crippen molar-refractivity contribution < 1.29 is 8.42 Å². The van der Waals surface area contributed by atoms with Crippen LogP contribution in [0.3, 0.4) is 0 Å². The number of piperidine rings is 1. The summed E-state index contributed by atoms with van der Waals surface area (Å²) in [7, 11) is -3.52. The van der Waals surface area contributed by atoms with Crippen molar-refractivity contribution in [3.63, 3.8) is 0 Å². The number of rotatable bonds is 6. The van der Waals surface area contributed by atoms with Crippen molar-refractivity contribution in [3.05, 3.63) is 36.0 Å². The molecular weight excluding hydrogens is 322 g/mol. The monoisotopic (exact) mass is 347 g/mol. The predicted molar refractivity (Wildman–Crippen MR) is 96.6 cm³/mol. The normalized spacial score (nSPS) is 16.5. The van der Waals surface area contributed by atoms with E-state index in [-0.39, 0.29) is 0 Å². The van der Waals surface area contributed by atoms with Crippen LogP contribution >= 0.6 is 0 Å². The third-order valence-electron chi connectivity index (χ3n) is 4.61. The standard InChI is InChI=1S/C18H25N3O2S/c1-15-8-9-17(16-7-5-10-19-18(15)16)24(22,23)20-11-6-14-21-12-3-2-4-13-21/h5,7-10,20H,2-4,6,11-14H2,1H3. The molecule has 1 aromatic heterocycles. The van der Waals surface area contributed by atoms with Crippen LogP contribution in [-0.2, 0) is 10.0 Å². The Hall–Kier alpha value is -1.50. The van der Waals surface area contributed by atoms with E-state index in [0.717, 1.165) is 37.1 Å². The zero-order valence-corrected chi connectivity index (χ0v) is 15.0. The summed E-state index contributed by atoms with van der Waals surface area (Å²) in [6, 6.07) is 7.08. The van der Waals surface area contributed by atoms with Gasteiger partial charge in [-0.3, -0.25) is 4.98 Å². The number of fused-ring (bicyclic) bond motifs is 1. The molecule has 2 aromatic rings. The van der Waals surface area contributed by atoms with E-state index < -0.39 is 10.0 Å². The number of hydrogen-bond acceptors (Lipinski definition) is 4. The quantitative estimate of drug-likeness (QED) is 0.816. The molecule has 0 radical (unpaired) electrons. The molecular formula is C18H25N3O2S. The number of aromatic nitrogens is 1. The van der Waals surface area contributed by atoms with Crippen LogP contribution in [0.5, 0.6) is 0 Å². The molecule has 2 heterocycles. The average molecular weight is 347 g/mol. The van der Waals surface area contributed by atoms with Gasteiger partial charge < -0.3 is 4.90 Å². The van der Waals surface area contributed by atoms with E-state index in [2.05, 4.69) is 14.6 Å². The Morgan fingerprint density at radius 2 is 1.96 bits per heavy atom. The molecule has 0 saturated carbocycles. The van der Waals surface area contributed by atoms with Gasteiger partial charge in [0.05, 0.1) is 10.4 Å². The topological polar surface area (TPSA) is 62.3 Å². The minimum absolute atomic E-state index is 0.314. The Balaban J connectivity index is 1.66. The van der Waals surface area contributed by atoms with Crippen LogP contribution in [0.4, 0.5) is 0 Å². The molecule has 0 amide bonds. The van der Waals surface area contributed by atoms with Gasteiger partial charge in [0.2, 0.25) is 10.0 Å². The van der Waals surface area contributed by atoms with Crippen molar-refractivity contribution in [1.82, 2.24) is 14.6 Å². The number of pyridine rings is 1. The minimum atomic E-state index is -3.52. The van der Waals surface area contributed by atoms with Crippen molar-refractivity contribution in [2.45, 2.75) is 37.5 Å². The third kappa shape index (κ3) is 3.94. The number of sulfonamides is 1. The van der Waals surface area contributed by atoms with Gasteiger partial charge in [-0.2, -0.15) is 0 Å². The molecule has 5 nitrogen and oxygen atoms in total. The Morgan fingerprint density at radius 1 is 1.17 bits per heavy atom. The van der Waals surface area contributed by atoms with Crippen molar-refractivity contribution in [3.8, 4) is 0 Å². The van der Waals surface area contributed by atoms with Crippen molar-refractivity contribution >= 4 is 20.9 Å². The van der Waals surface area contributed by atoms with Gasteiger partial charge in [0, 0.05) is 18.1 Å². The van der Waals surface area contributed by atoms with Crippen LogP contribution in [0, 0.1) is 6.92 Å². The van der Waals surface area contributed by atoms with E-state index in [0.29, 0.717) is 16.8 Å². The number of nitrogens with zero attached hydrogens (tertiary/aromatic N) is 2. The maximum atomic E-state index is 12.7. The van der Waals surface area contributed by atoms with Crippen molar-refractivity contribution in [1.29, 1.82) is 0 Å². The minimum Gasteiger partial charge on any atom is -0.303 e. The number of hydrogen-bond donors (Lipinski definition) is 1. The summed E-state index contributed by atoms with van der Waals surface area (Å²) < 4.78 is 28.1. The first-order valence-corrected chi connectivity index (χ1v) is 10.1. The van der Waals surface area contributed by atoms with E-state index >= 15 is 0 Å². The lowest BCUT2D eigenvalue weighted by atomic mass is 10.1. The molecule has 0 spiro atoms. The van der Waals surface area contributed by atoms with Gasteiger partial charge in [-0.05, 0) is 69.6 Å². The lowest BCUT2D eigenvalue weighted by molar-refractivity contribution is 0.227. The fourth-order valence-corrected chi connectivity index (χ4v) is 4.56. The Kier molecular flexibility index (Phi) is 5.48. The van der Waals surface area contributed by atoms with Gasteiger partial charge in [-0.15, -0.1) is 0 Å². The van der Waals surface area contributed by atoms with Gasteiger partial charge in [0.25, 0.3) is 0 Å². The van der Waals surface area contributed by atoms with E-state index in [4.69, 9.17) is 0 Å². The van der Waals surface area contributed by atoms with Gasteiger partial charge in [0.15, 0.2) is 0 Å². The molecule has 1 N–H and O–H groups in total. The first-order chi connectivity index (χ1) is 11.6. The molecule has 1 aliphatic heterocycles. The van der Waals surface area contributed by atoms with E-state index in [1.165, 1.54) is 19.3 Å². The van der Waals surface area contributed by atoms with Crippen LogP contribution in [0.1, 0.15) is 31.2 Å². The fraction of sp³-hybridized carbons (Fsp3) is 0.500. The zero-order valence-electron chi connectivity index (χ0n) is 14.2. The van der Waals surface area contributed by atoms with Gasteiger partial charge in [0.1, 0.15) is 0 Å². The van der Waals surface area contributed by atoms with E-state index in [9.17, 15) is 8.42 Å². The molecule has 130 valence electrons. The Labute approximate surface area is 144 Å². The molecule has 1 aliphatic rings. The lowest BCUT2D eigenvalue weighted by Gasteiger charge is -2.26. The number of nitrogens with one attached hydrogen (secondary N) is 1. The number of likely N-dealkylation sites (tertiary alicyclic amines) is 1. The van der Waals surface area contributed by atoms with Crippen LogP contribution in [0.2, 0.25) is 0 Å². The lowest BCUT2D eigenvalue weighted by Crippen LogP contribution is -2.33. The summed E-state index contributed by atoms with van der Waals surface area (Å²) in [5.41, 5.74) is 1.73. The molecule has 1 saturated heterocycles. The molecule has 1 aromatic carbocycles. The van der Waals surface area contributed by atoms with Gasteiger partial charge >= 0.3 is 0 Å². The van der Waals surface area contributed by atoms with Crippen LogP contribution in [0.25, 0.3) is 10.9 Å². The van der Waals surface area contributed by atoms with E-state index in [1.54, 1.807) is 18.3 Å². The maximum absolute atomic E-state index is 12.7. The first kappa shape index (κ1) is 17.3. The highest BCUT2D eigenvalue weighted by molar-refractivity contribution is 7.89. The molecule has 0 unspecified atom stereocenters. The second kappa shape index (κ2) is 7.59. The van der Waals surface area contributed by atoms with E-state index in [1.807, 2.05) is 19.1 Å². The number of aryl methyl sites for hydroxylation is 1. The van der Waals surface area contributed by atoms with Crippen LogP contribution in [-0.4, -0.2) is 44.5 Å². The Morgan fingerprint density at radius 3 is 2.75 bits per heavy atom. The highest BCUT2D eigenvalue weighted by Crippen LogP contribution is 2.24. The van der Waals surface area contributed by atoms with Crippen molar-refractivity contribution in [2.24, 2.45) is 0 Å². The van der Waals surface area contributed by atoms with Crippen LogP contribution in [0.15, 0.2) is 35.4 Å². The second-order valence-corrected chi connectivity index (χ2v) is 8.17. The first-order valence-electron chi connectivity index (χ1n) is 8.64. The highest BCUT2D eigenvalue weighted by Gasteiger charge is 2.18. The summed E-state index contributed by atoms with van der Waals surface area (Å²) >= 11 is 0. The van der Waals surface area contributed by atoms with Crippen LogP contribution < -0.4 is 4.72 Å². The highest BCUT2D eigenvalue weighted by atomic mass is 32.2. The molecule has 0 aliphatic carbocycles. The molecule has 3 rings (SSSR count). The van der Waals surface area contributed by atoms with Gasteiger partial charge in [-0.1, -0.05) is 12.5 Å². The summed E-state index contributed by atoms with van der Waals surface area (Å²) in [6.07, 6.45) is 6.36. The largest absolute Gasteiger partial charge is 0.303 e. The smallest absolute Gasteiger partial charge is 0.241 e. The Bertz CT molecular complexity index is 799. The third-order valence-corrected chi connectivity index (χ3v) is 6.13. The SMILES string of the molecule is Cc1ccc(S(=O)(=O)NCCCN2CCCCC2)c2cccnc12. The number of benzene rings is 1. The zero-order chi connectivity index (χ0) is 17.0. The van der Waals surface area contributed by atoms with Crippen molar-refractivity contribution in [2.75, 3.05) is 26.2 Å². The summed E-state index contributed by atoms with van der Waals surface area (Å²) in [6.45, 7) is 5.65. The molecule has 0 atom stereocenters. The summed E-state index contributed by atoms with van der Waals surface area (Å²) in [5, 5.41) is 0.682. The molecule has 24 heavy (non-hydrogen) atoms. The second-order valence-electron chi connectivity index (χ2n) is 6.43. The maximum Gasteiger partial charge on any atom is 0.241 e.